The number of hydrogen-bond acceptors (Lipinski definition) is 4. The summed E-state index contributed by atoms with van der Waals surface area (Å²) < 4.78 is 1.81. The average molecular weight is 257 g/mol. The molecule has 1 saturated heterocycles. The fraction of sp³-hybridized carbons (Fsp3) is 0.308. The molecule has 3 heterocycles. The van der Waals surface area contributed by atoms with Crippen molar-refractivity contribution in [2.24, 2.45) is 0 Å². The summed E-state index contributed by atoms with van der Waals surface area (Å²) >= 11 is 0. The first-order chi connectivity index (χ1) is 9.33. The van der Waals surface area contributed by atoms with E-state index in [-0.39, 0.29) is 11.9 Å². The summed E-state index contributed by atoms with van der Waals surface area (Å²) in [7, 11) is 0. The van der Waals surface area contributed by atoms with Crippen LogP contribution in [0.1, 0.15) is 12.8 Å². The number of nitrogens with zero attached hydrogens (tertiary/aromatic N) is 3. The predicted molar refractivity (Wildman–Crippen MR) is 71.0 cm³/mol. The molecular formula is C13H15N5O. The van der Waals surface area contributed by atoms with Gasteiger partial charge in [0.15, 0.2) is 0 Å². The summed E-state index contributed by atoms with van der Waals surface area (Å²) in [5.74, 6) is 0.782. The molecule has 6 heteroatoms. The highest BCUT2D eigenvalue weighted by Crippen LogP contribution is 2.12. The Morgan fingerprint density at radius 1 is 1.47 bits per heavy atom. The molecule has 3 rings (SSSR count). The summed E-state index contributed by atoms with van der Waals surface area (Å²) in [5, 5.41) is 6.03. The normalized spacial score (nSPS) is 18.4. The van der Waals surface area contributed by atoms with Gasteiger partial charge in [-0.05, 0) is 31.5 Å². The molecule has 1 amide bonds. The van der Waals surface area contributed by atoms with Crippen LogP contribution in [-0.4, -0.2) is 33.0 Å². The van der Waals surface area contributed by atoms with Crippen LogP contribution < -0.4 is 10.6 Å². The second kappa shape index (κ2) is 5.19. The van der Waals surface area contributed by atoms with Crippen molar-refractivity contribution in [3.63, 3.8) is 0 Å². The second-order valence-electron chi connectivity index (χ2n) is 4.51. The average Bonchev–Trinajstić information content (AvgIpc) is 3.13. The van der Waals surface area contributed by atoms with Crippen LogP contribution in [0, 0.1) is 0 Å². The molecule has 1 unspecified atom stereocenters. The number of imidazole rings is 1. The molecule has 2 aromatic rings. The molecule has 0 saturated carbocycles. The highest BCUT2D eigenvalue weighted by molar-refractivity contribution is 5.94. The van der Waals surface area contributed by atoms with Gasteiger partial charge in [-0.2, -0.15) is 0 Å². The number of aromatic nitrogens is 3. The fourth-order valence-corrected chi connectivity index (χ4v) is 2.15. The van der Waals surface area contributed by atoms with Gasteiger partial charge in [0.25, 0.3) is 0 Å². The Balaban J connectivity index is 1.67. The third-order valence-electron chi connectivity index (χ3n) is 3.16. The lowest BCUT2D eigenvalue weighted by atomic mass is 10.2. The Morgan fingerprint density at radius 2 is 2.42 bits per heavy atom. The van der Waals surface area contributed by atoms with Crippen LogP contribution in [0.25, 0.3) is 5.82 Å². The summed E-state index contributed by atoms with van der Waals surface area (Å²) in [6.45, 7) is 0.913. The van der Waals surface area contributed by atoms with E-state index in [1.165, 1.54) is 0 Å². The Morgan fingerprint density at radius 3 is 3.05 bits per heavy atom. The topological polar surface area (TPSA) is 71.8 Å². The number of amides is 1. The highest BCUT2D eigenvalue weighted by Gasteiger charge is 2.21. The minimum Gasteiger partial charge on any atom is -0.323 e. The first kappa shape index (κ1) is 11.9. The van der Waals surface area contributed by atoms with Gasteiger partial charge in [-0.1, -0.05) is 0 Å². The number of rotatable bonds is 3. The molecule has 0 aliphatic carbocycles. The fourth-order valence-electron chi connectivity index (χ4n) is 2.15. The second-order valence-corrected chi connectivity index (χ2v) is 4.51. The number of carbonyl (C=O) groups excluding carboxylic acids is 1. The van der Waals surface area contributed by atoms with Crippen molar-refractivity contribution in [1.82, 2.24) is 19.9 Å². The maximum atomic E-state index is 11.9. The zero-order valence-electron chi connectivity index (χ0n) is 10.4. The maximum absolute atomic E-state index is 11.9. The molecule has 1 fully saturated rings. The van der Waals surface area contributed by atoms with E-state index in [4.69, 9.17) is 0 Å². The van der Waals surface area contributed by atoms with Crippen LogP contribution in [0.5, 0.6) is 0 Å². The molecule has 6 nitrogen and oxygen atoms in total. The van der Waals surface area contributed by atoms with E-state index in [0.717, 1.165) is 25.2 Å². The Hall–Kier alpha value is -2.21. The van der Waals surface area contributed by atoms with Crippen molar-refractivity contribution < 1.29 is 4.79 Å². The predicted octanol–water partition coefficient (Wildman–Crippen LogP) is 0.958. The van der Waals surface area contributed by atoms with E-state index in [0.29, 0.717) is 5.69 Å². The van der Waals surface area contributed by atoms with E-state index in [1.807, 2.05) is 22.9 Å². The monoisotopic (exact) mass is 257 g/mol. The summed E-state index contributed by atoms with van der Waals surface area (Å²) in [6, 6.07) is 3.61. The molecule has 1 atom stereocenters. The molecule has 1 aliphatic rings. The third kappa shape index (κ3) is 2.63. The lowest BCUT2D eigenvalue weighted by molar-refractivity contribution is -0.117. The quantitative estimate of drug-likeness (QED) is 0.859. The molecule has 0 radical (unpaired) electrons. The van der Waals surface area contributed by atoms with Crippen molar-refractivity contribution >= 4 is 11.6 Å². The van der Waals surface area contributed by atoms with Crippen molar-refractivity contribution in [2.75, 3.05) is 11.9 Å². The molecule has 98 valence electrons. The van der Waals surface area contributed by atoms with E-state index in [2.05, 4.69) is 20.6 Å². The molecule has 1 aliphatic heterocycles. The van der Waals surface area contributed by atoms with Crippen molar-refractivity contribution in [1.29, 1.82) is 0 Å². The van der Waals surface area contributed by atoms with Gasteiger partial charge in [-0.15, -0.1) is 0 Å². The Bertz CT molecular complexity index is 543. The number of anilines is 1. The van der Waals surface area contributed by atoms with Gasteiger partial charge in [0.1, 0.15) is 12.1 Å². The summed E-state index contributed by atoms with van der Waals surface area (Å²) in [4.78, 5) is 20.2. The van der Waals surface area contributed by atoms with Gasteiger partial charge in [-0.25, -0.2) is 9.97 Å². The van der Waals surface area contributed by atoms with Crippen LogP contribution in [0.2, 0.25) is 0 Å². The molecule has 0 aromatic carbocycles. The van der Waals surface area contributed by atoms with Gasteiger partial charge >= 0.3 is 0 Å². The number of carbonyl (C=O) groups is 1. The maximum Gasteiger partial charge on any atom is 0.241 e. The first-order valence-corrected chi connectivity index (χ1v) is 6.31. The molecule has 2 N–H and O–H groups in total. The van der Waals surface area contributed by atoms with Crippen LogP contribution in [0.4, 0.5) is 5.69 Å². The van der Waals surface area contributed by atoms with E-state index < -0.39 is 0 Å². The van der Waals surface area contributed by atoms with Crippen molar-refractivity contribution in [2.45, 2.75) is 18.9 Å². The molecule has 19 heavy (non-hydrogen) atoms. The highest BCUT2D eigenvalue weighted by atomic mass is 16.2. The third-order valence-corrected chi connectivity index (χ3v) is 3.16. The SMILES string of the molecule is O=C(Nc1ccc(-n2ccnc2)nc1)C1CCCN1. The van der Waals surface area contributed by atoms with Crippen LogP contribution in [-0.2, 0) is 4.79 Å². The van der Waals surface area contributed by atoms with Gasteiger partial charge in [0.2, 0.25) is 5.91 Å². The first-order valence-electron chi connectivity index (χ1n) is 6.31. The van der Waals surface area contributed by atoms with Crippen LogP contribution in [0.15, 0.2) is 37.1 Å². The molecule has 0 bridgehead atoms. The minimum atomic E-state index is -0.0756. The molecule has 2 aromatic heterocycles. The Labute approximate surface area is 110 Å². The van der Waals surface area contributed by atoms with Gasteiger partial charge in [0, 0.05) is 12.4 Å². The zero-order chi connectivity index (χ0) is 13.1. The number of hydrogen-bond donors (Lipinski definition) is 2. The van der Waals surface area contributed by atoms with Crippen LogP contribution in [0.3, 0.4) is 0 Å². The Kier molecular flexibility index (Phi) is 3.24. The minimum absolute atomic E-state index is 0.00896. The zero-order valence-corrected chi connectivity index (χ0v) is 10.4. The van der Waals surface area contributed by atoms with E-state index in [1.54, 1.807) is 18.7 Å². The number of nitrogens with one attached hydrogen (secondary N) is 2. The number of pyridine rings is 1. The standard InChI is InChI=1S/C13H15N5O/c19-13(11-2-1-5-15-11)17-10-3-4-12(16-8-10)18-7-6-14-9-18/h3-4,6-9,11,15H,1-2,5H2,(H,17,19). The van der Waals surface area contributed by atoms with Gasteiger partial charge in [0.05, 0.1) is 17.9 Å². The molecular weight excluding hydrogens is 242 g/mol. The van der Waals surface area contributed by atoms with Crippen molar-refractivity contribution in [3.8, 4) is 5.82 Å². The molecule has 0 spiro atoms. The lowest BCUT2D eigenvalue weighted by Gasteiger charge is -2.11. The van der Waals surface area contributed by atoms with E-state index >= 15 is 0 Å². The van der Waals surface area contributed by atoms with Crippen molar-refractivity contribution in [3.05, 3.63) is 37.1 Å². The van der Waals surface area contributed by atoms with Crippen LogP contribution >= 0.6 is 0 Å². The smallest absolute Gasteiger partial charge is 0.241 e. The largest absolute Gasteiger partial charge is 0.323 e. The summed E-state index contributed by atoms with van der Waals surface area (Å²) in [6.07, 6.45) is 8.81. The summed E-state index contributed by atoms with van der Waals surface area (Å²) in [5.41, 5.74) is 0.711. The van der Waals surface area contributed by atoms with Gasteiger partial charge < -0.3 is 10.6 Å². The van der Waals surface area contributed by atoms with Gasteiger partial charge in [-0.3, -0.25) is 9.36 Å². The van der Waals surface area contributed by atoms with E-state index in [9.17, 15) is 4.79 Å². The lowest BCUT2D eigenvalue weighted by Crippen LogP contribution is -2.35.